The molecule has 0 fully saturated rings. The summed E-state index contributed by atoms with van der Waals surface area (Å²) in [6, 6.07) is 0. The number of carbonyl (C=O) groups is 1. The summed E-state index contributed by atoms with van der Waals surface area (Å²) in [4.78, 5) is 9.96. The Kier molecular flexibility index (Phi) is 12.0. The maximum atomic E-state index is 9.96. The third-order valence-electron chi connectivity index (χ3n) is 1.24. The molecule has 1 N–H and O–H groups in total. The van der Waals surface area contributed by atoms with Gasteiger partial charge in [0.2, 0.25) is 0 Å². The average Bonchev–Trinajstić information content (AvgIpc) is 1.80. The van der Waals surface area contributed by atoms with E-state index in [4.69, 9.17) is 5.11 Å². The van der Waals surface area contributed by atoms with Crippen LogP contribution in [0.2, 0.25) is 0 Å². The Morgan fingerprint density at radius 1 is 1.30 bits per heavy atom. The Labute approximate surface area is 79.5 Å². The fraction of sp³-hybridized carbons (Fsp3) is 0.857. The van der Waals surface area contributed by atoms with E-state index < -0.39 is 5.97 Å². The van der Waals surface area contributed by atoms with Crippen molar-refractivity contribution in [2.45, 2.75) is 39.0 Å². The number of rotatable bonds is 5. The van der Waals surface area contributed by atoms with Gasteiger partial charge in [-0.25, -0.2) is 0 Å². The van der Waals surface area contributed by atoms with Gasteiger partial charge < -0.3 is 5.11 Å². The van der Waals surface area contributed by atoms with Gasteiger partial charge in [0.05, 0.1) is 0 Å². The molecule has 0 aliphatic heterocycles. The van der Waals surface area contributed by atoms with Gasteiger partial charge in [-0.15, -0.1) is 0 Å². The number of hydrogen-bond donors (Lipinski definition) is 1. The summed E-state index contributed by atoms with van der Waals surface area (Å²) in [5.74, 6) is -0.675. The molecule has 2 nitrogen and oxygen atoms in total. The second-order valence-electron chi connectivity index (χ2n) is 2.20. The fourth-order valence-corrected chi connectivity index (χ4v) is 0.703. The van der Waals surface area contributed by atoms with Gasteiger partial charge in [-0.1, -0.05) is 26.2 Å². The predicted octanol–water partition coefficient (Wildman–Crippen LogP) is 0.857. The molecule has 0 amide bonds. The molecular weight excluding hydrogens is 238 g/mol. The van der Waals surface area contributed by atoms with Crippen LogP contribution in [0.1, 0.15) is 39.0 Å². The number of carboxylic acid groups (broad SMARTS) is 1. The van der Waals surface area contributed by atoms with E-state index >= 15 is 0 Å². The molecule has 0 aromatic carbocycles. The Bertz CT molecular complexity index is 83.7. The van der Waals surface area contributed by atoms with Crippen molar-refractivity contribution in [3.8, 4) is 0 Å². The van der Waals surface area contributed by atoms with Crippen LogP contribution in [0.4, 0.5) is 0 Å². The number of unbranched alkanes of at least 4 members (excludes halogenated alkanes) is 3. The van der Waals surface area contributed by atoms with E-state index in [0.29, 0.717) is 6.42 Å². The summed E-state index contributed by atoms with van der Waals surface area (Å²) in [5.41, 5.74) is 0. The average molecular weight is 255 g/mol. The van der Waals surface area contributed by atoms with E-state index in [1.165, 1.54) is 6.42 Å². The van der Waals surface area contributed by atoms with Crippen LogP contribution >= 0.6 is 0 Å². The molecule has 0 bridgehead atoms. The van der Waals surface area contributed by atoms with Crippen LogP contribution in [0, 0.1) is 0 Å². The first kappa shape index (κ1) is 12.9. The second-order valence-corrected chi connectivity index (χ2v) is 2.20. The molecule has 0 saturated heterocycles. The van der Waals surface area contributed by atoms with Crippen molar-refractivity contribution in [2.24, 2.45) is 0 Å². The maximum absolute atomic E-state index is 9.96. The number of aliphatic carboxylic acids is 1. The summed E-state index contributed by atoms with van der Waals surface area (Å²) in [6.07, 6.45) is 4.55. The molecule has 0 heterocycles. The van der Waals surface area contributed by atoms with E-state index in [0.717, 1.165) is 19.3 Å². The molecule has 0 aliphatic carbocycles. The summed E-state index contributed by atoms with van der Waals surface area (Å²) < 4.78 is 0. The Morgan fingerprint density at radius 3 is 2.30 bits per heavy atom. The minimum atomic E-state index is -0.675. The van der Waals surface area contributed by atoms with E-state index in [1.54, 1.807) is 0 Å². The molecule has 0 unspecified atom stereocenters. The van der Waals surface area contributed by atoms with E-state index in [2.05, 4.69) is 6.92 Å². The molecule has 0 aromatic rings. The van der Waals surface area contributed by atoms with Gasteiger partial charge in [-0.3, -0.25) is 4.79 Å². The van der Waals surface area contributed by atoms with Crippen molar-refractivity contribution in [3.63, 3.8) is 0 Å². The van der Waals surface area contributed by atoms with Gasteiger partial charge >= 0.3 is 30.4 Å². The molecule has 0 aromatic heterocycles. The van der Waals surface area contributed by atoms with E-state index in [-0.39, 0.29) is 24.4 Å². The van der Waals surface area contributed by atoms with Crippen molar-refractivity contribution in [1.82, 2.24) is 0 Å². The molecule has 0 radical (unpaired) electrons. The van der Waals surface area contributed by atoms with Gasteiger partial charge in [0.15, 0.2) is 0 Å². The van der Waals surface area contributed by atoms with Crippen LogP contribution in [-0.2, 0) is 4.79 Å². The monoisotopic (exact) mass is 254 g/mol. The molecule has 0 aliphatic rings. The third kappa shape index (κ3) is 11.1. The van der Waals surface area contributed by atoms with Crippen LogP contribution in [-0.4, -0.2) is 35.5 Å². The van der Waals surface area contributed by atoms with Gasteiger partial charge in [0.25, 0.3) is 0 Å². The molecule has 10 heavy (non-hydrogen) atoms. The standard InChI is InChI=1S/C7H14O2.Sb.3H/c1-2-3-4-5-6-7(8)9;;;;/h2-6H2,1H3,(H,8,9);;;;. The normalized spacial score (nSPS) is 8.50. The van der Waals surface area contributed by atoms with Gasteiger partial charge in [0.1, 0.15) is 0 Å². The first-order valence-corrected chi connectivity index (χ1v) is 3.49. The SMILES string of the molecule is CCCCCCC(=O)O.[SbH3]. The quantitative estimate of drug-likeness (QED) is 0.584. The summed E-state index contributed by atoms with van der Waals surface area (Å²) in [6.45, 7) is 2.11. The molecular formula is C7H17O2Sb. The summed E-state index contributed by atoms with van der Waals surface area (Å²) >= 11 is 0. The first-order valence-electron chi connectivity index (χ1n) is 3.49. The van der Waals surface area contributed by atoms with Gasteiger partial charge in [-0.05, 0) is 6.42 Å². The van der Waals surface area contributed by atoms with Crippen molar-refractivity contribution >= 4 is 30.4 Å². The zero-order chi connectivity index (χ0) is 7.11. The van der Waals surface area contributed by atoms with Crippen molar-refractivity contribution < 1.29 is 9.90 Å². The Morgan fingerprint density at radius 2 is 1.90 bits per heavy atom. The van der Waals surface area contributed by atoms with Crippen LogP contribution < -0.4 is 0 Å². The second kappa shape index (κ2) is 9.29. The van der Waals surface area contributed by atoms with Crippen LogP contribution in [0.5, 0.6) is 0 Å². The Hall–Kier alpha value is 0.288. The van der Waals surface area contributed by atoms with Crippen LogP contribution in [0.25, 0.3) is 0 Å². The first-order chi connectivity index (χ1) is 4.27. The molecule has 62 valence electrons. The van der Waals surface area contributed by atoms with E-state index in [9.17, 15) is 4.79 Å². The molecule has 3 heteroatoms. The zero-order valence-electron chi connectivity index (χ0n) is 6.60. The fourth-order valence-electron chi connectivity index (χ4n) is 0.703. The third-order valence-corrected chi connectivity index (χ3v) is 1.24. The molecule has 0 saturated carbocycles. The topological polar surface area (TPSA) is 37.3 Å². The van der Waals surface area contributed by atoms with Crippen molar-refractivity contribution in [2.75, 3.05) is 0 Å². The zero-order valence-corrected chi connectivity index (χ0v) is 10.6. The number of carboxylic acids is 1. The van der Waals surface area contributed by atoms with Gasteiger partial charge in [-0.2, -0.15) is 0 Å². The number of hydrogen-bond acceptors (Lipinski definition) is 1. The van der Waals surface area contributed by atoms with Gasteiger partial charge in [0, 0.05) is 6.42 Å². The molecule has 0 atom stereocenters. The van der Waals surface area contributed by atoms with E-state index in [1.807, 2.05) is 0 Å². The summed E-state index contributed by atoms with van der Waals surface area (Å²) in [7, 11) is 0. The minimum absolute atomic E-state index is 0. The van der Waals surface area contributed by atoms with Crippen LogP contribution in [0.3, 0.4) is 0 Å². The predicted molar refractivity (Wildman–Crippen MR) is 46.3 cm³/mol. The van der Waals surface area contributed by atoms with Crippen molar-refractivity contribution in [1.29, 1.82) is 0 Å². The van der Waals surface area contributed by atoms with Crippen molar-refractivity contribution in [3.05, 3.63) is 0 Å². The molecule has 0 spiro atoms. The Balaban J connectivity index is 0. The summed E-state index contributed by atoms with van der Waals surface area (Å²) in [5, 5.41) is 8.21. The molecule has 0 rings (SSSR count). The van der Waals surface area contributed by atoms with Crippen LogP contribution in [0.15, 0.2) is 0 Å².